The first-order chi connectivity index (χ1) is 8.24. The van der Waals surface area contributed by atoms with Crippen LogP contribution in [0, 0.1) is 5.82 Å². The maximum absolute atomic E-state index is 13.4. The van der Waals surface area contributed by atoms with Crippen molar-refractivity contribution in [2.75, 3.05) is 17.2 Å². The third kappa shape index (κ3) is 1.98. The van der Waals surface area contributed by atoms with E-state index in [9.17, 15) is 4.39 Å². The van der Waals surface area contributed by atoms with E-state index in [0.29, 0.717) is 0 Å². The van der Waals surface area contributed by atoms with Gasteiger partial charge in [0, 0.05) is 17.5 Å². The van der Waals surface area contributed by atoms with Crippen molar-refractivity contribution < 1.29 is 4.39 Å². The van der Waals surface area contributed by atoms with E-state index in [1.807, 2.05) is 11.4 Å². The molecule has 2 N–H and O–H groups in total. The van der Waals surface area contributed by atoms with Gasteiger partial charge in [0.15, 0.2) is 0 Å². The highest BCUT2D eigenvalue weighted by atomic mass is 35.5. The number of anilines is 2. The lowest BCUT2D eigenvalue weighted by Gasteiger charge is -2.28. The van der Waals surface area contributed by atoms with Crippen LogP contribution in [0.15, 0.2) is 29.6 Å². The molecule has 0 spiro atoms. The third-order valence-corrected chi connectivity index (χ3v) is 4.05. The molecule has 1 atom stereocenters. The molecule has 0 radical (unpaired) electrons. The summed E-state index contributed by atoms with van der Waals surface area (Å²) in [5.41, 5.74) is 1.61. The molecule has 0 fully saturated rings. The first-order valence-electron chi connectivity index (χ1n) is 5.27. The van der Waals surface area contributed by atoms with E-state index in [0.717, 1.165) is 17.9 Å². The molecule has 2 aromatic rings. The van der Waals surface area contributed by atoms with E-state index < -0.39 is 5.82 Å². The summed E-state index contributed by atoms with van der Waals surface area (Å²) in [6.07, 6.45) is 0. The normalized spacial score (nSPS) is 18.1. The summed E-state index contributed by atoms with van der Waals surface area (Å²) in [5, 5.41) is 8.76. The third-order valence-electron chi connectivity index (χ3n) is 2.77. The SMILES string of the molecule is Fc1cc2c(cc1Cl)NCC(c1cccs1)N2. The topological polar surface area (TPSA) is 24.1 Å². The number of rotatable bonds is 1. The van der Waals surface area contributed by atoms with E-state index >= 15 is 0 Å². The highest BCUT2D eigenvalue weighted by Gasteiger charge is 2.20. The number of hydrogen-bond donors (Lipinski definition) is 2. The van der Waals surface area contributed by atoms with Crippen molar-refractivity contribution in [1.29, 1.82) is 0 Å². The van der Waals surface area contributed by atoms with Crippen molar-refractivity contribution >= 4 is 34.3 Å². The molecule has 0 aliphatic carbocycles. The van der Waals surface area contributed by atoms with Crippen LogP contribution in [-0.4, -0.2) is 6.54 Å². The molecule has 1 aromatic carbocycles. The molecule has 88 valence electrons. The van der Waals surface area contributed by atoms with Crippen molar-refractivity contribution in [3.63, 3.8) is 0 Å². The van der Waals surface area contributed by atoms with Gasteiger partial charge in [0.25, 0.3) is 0 Å². The lowest BCUT2D eigenvalue weighted by atomic mass is 10.1. The number of benzene rings is 1. The molecule has 0 saturated heterocycles. The zero-order chi connectivity index (χ0) is 11.8. The van der Waals surface area contributed by atoms with E-state index in [1.54, 1.807) is 17.4 Å². The maximum atomic E-state index is 13.4. The molecule has 1 aliphatic heterocycles. The van der Waals surface area contributed by atoms with Gasteiger partial charge < -0.3 is 10.6 Å². The Balaban J connectivity index is 1.93. The average Bonchev–Trinajstić information content (AvgIpc) is 2.83. The van der Waals surface area contributed by atoms with E-state index in [4.69, 9.17) is 11.6 Å². The van der Waals surface area contributed by atoms with Gasteiger partial charge in [-0.05, 0) is 17.5 Å². The lowest BCUT2D eigenvalue weighted by Crippen LogP contribution is -2.25. The molecule has 1 aromatic heterocycles. The van der Waals surface area contributed by atoms with Crippen molar-refractivity contribution in [2.24, 2.45) is 0 Å². The molecule has 0 saturated carbocycles. The second-order valence-electron chi connectivity index (χ2n) is 3.91. The number of halogens is 2. The molecule has 2 nitrogen and oxygen atoms in total. The van der Waals surface area contributed by atoms with Crippen molar-refractivity contribution in [3.05, 3.63) is 45.4 Å². The van der Waals surface area contributed by atoms with Crippen LogP contribution in [0.4, 0.5) is 15.8 Å². The number of hydrogen-bond acceptors (Lipinski definition) is 3. The molecule has 5 heteroatoms. The summed E-state index contributed by atoms with van der Waals surface area (Å²) in [6.45, 7) is 0.773. The Labute approximate surface area is 107 Å². The molecular formula is C12H10ClFN2S. The van der Waals surface area contributed by atoms with Crippen LogP contribution in [0.5, 0.6) is 0 Å². The Kier molecular flexibility index (Phi) is 2.68. The van der Waals surface area contributed by atoms with Crippen LogP contribution < -0.4 is 10.6 Å². The van der Waals surface area contributed by atoms with Gasteiger partial charge in [-0.3, -0.25) is 0 Å². The molecular weight excluding hydrogens is 259 g/mol. The van der Waals surface area contributed by atoms with Crippen LogP contribution in [0.25, 0.3) is 0 Å². The van der Waals surface area contributed by atoms with Crippen molar-refractivity contribution in [3.8, 4) is 0 Å². The Morgan fingerprint density at radius 2 is 2.24 bits per heavy atom. The van der Waals surface area contributed by atoms with Gasteiger partial charge in [-0.25, -0.2) is 4.39 Å². The summed E-state index contributed by atoms with van der Waals surface area (Å²) < 4.78 is 13.4. The van der Waals surface area contributed by atoms with Gasteiger partial charge in [-0.1, -0.05) is 17.7 Å². The minimum atomic E-state index is -0.397. The maximum Gasteiger partial charge on any atom is 0.143 e. The van der Waals surface area contributed by atoms with Crippen LogP contribution in [0.3, 0.4) is 0 Å². The first-order valence-corrected chi connectivity index (χ1v) is 6.52. The average molecular weight is 269 g/mol. The number of fused-ring (bicyclic) bond motifs is 1. The predicted molar refractivity (Wildman–Crippen MR) is 70.6 cm³/mol. The Bertz CT molecular complexity index is 542. The van der Waals surface area contributed by atoms with E-state index in [-0.39, 0.29) is 11.1 Å². The number of thiophene rings is 1. The van der Waals surface area contributed by atoms with Crippen LogP contribution in [0.2, 0.25) is 5.02 Å². The summed E-state index contributed by atoms with van der Waals surface area (Å²) in [6, 6.07) is 7.32. The minimum absolute atomic E-state index is 0.146. The molecule has 0 bridgehead atoms. The Morgan fingerprint density at radius 3 is 3.00 bits per heavy atom. The molecule has 0 amide bonds. The highest BCUT2D eigenvalue weighted by Crippen LogP contribution is 2.35. The zero-order valence-electron chi connectivity index (χ0n) is 8.84. The molecule has 1 unspecified atom stereocenters. The fourth-order valence-electron chi connectivity index (χ4n) is 1.92. The summed E-state index contributed by atoms with van der Waals surface area (Å²) in [4.78, 5) is 1.23. The van der Waals surface area contributed by atoms with Gasteiger partial charge in [0.05, 0.1) is 22.4 Å². The van der Waals surface area contributed by atoms with Crippen molar-refractivity contribution in [1.82, 2.24) is 0 Å². The minimum Gasteiger partial charge on any atom is -0.381 e. The van der Waals surface area contributed by atoms with Crippen LogP contribution >= 0.6 is 22.9 Å². The van der Waals surface area contributed by atoms with Crippen LogP contribution in [0.1, 0.15) is 10.9 Å². The fraction of sp³-hybridized carbons (Fsp3) is 0.167. The molecule has 17 heavy (non-hydrogen) atoms. The second-order valence-corrected chi connectivity index (χ2v) is 5.29. The Hall–Kier alpha value is -1.26. The molecule has 3 rings (SSSR count). The number of nitrogens with one attached hydrogen (secondary N) is 2. The van der Waals surface area contributed by atoms with E-state index in [2.05, 4.69) is 16.7 Å². The summed E-state index contributed by atoms with van der Waals surface area (Å²) in [5.74, 6) is -0.397. The van der Waals surface area contributed by atoms with Crippen molar-refractivity contribution in [2.45, 2.75) is 6.04 Å². The van der Waals surface area contributed by atoms with Gasteiger partial charge in [0.2, 0.25) is 0 Å². The smallest absolute Gasteiger partial charge is 0.143 e. The quantitative estimate of drug-likeness (QED) is 0.813. The largest absolute Gasteiger partial charge is 0.381 e. The predicted octanol–water partition coefficient (Wildman–Crippen LogP) is 4.12. The monoisotopic (exact) mass is 268 g/mol. The molecule has 2 heterocycles. The summed E-state index contributed by atoms with van der Waals surface area (Å²) >= 11 is 7.43. The van der Waals surface area contributed by atoms with E-state index in [1.165, 1.54) is 10.9 Å². The lowest BCUT2D eigenvalue weighted by molar-refractivity contribution is 0.627. The van der Waals surface area contributed by atoms with Crippen LogP contribution in [-0.2, 0) is 0 Å². The highest BCUT2D eigenvalue weighted by molar-refractivity contribution is 7.10. The first kappa shape index (κ1) is 10.9. The van der Waals surface area contributed by atoms with Gasteiger partial charge in [0.1, 0.15) is 5.82 Å². The fourth-order valence-corrected chi connectivity index (χ4v) is 2.87. The Morgan fingerprint density at radius 1 is 1.35 bits per heavy atom. The zero-order valence-corrected chi connectivity index (χ0v) is 10.4. The molecule has 1 aliphatic rings. The summed E-state index contributed by atoms with van der Waals surface area (Å²) in [7, 11) is 0. The van der Waals surface area contributed by atoms with Gasteiger partial charge in [-0.2, -0.15) is 0 Å². The van der Waals surface area contributed by atoms with Gasteiger partial charge >= 0.3 is 0 Å². The van der Waals surface area contributed by atoms with Gasteiger partial charge in [-0.15, -0.1) is 11.3 Å². The standard InChI is InChI=1S/C12H10ClFN2S/c13-7-4-9-10(5-8(7)14)16-11(6-15-9)12-2-1-3-17-12/h1-5,11,15-16H,6H2. The second kappa shape index (κ2) is 4.20.